The molecular weight excluding hydrogens is 175 g/mol. The molecule has 0 atom stereocenters. The summed E-state index contributed by atoms with van der Waals surface area (Å²) in [7, 11) is 0. The minimum Gasteiger partial charge on any atom is -0.463 e. The summed E-state index contributed by atoms with van der Waals surface area (Å²) in [6, 6.07) is 0. The number of rotatable bonds is 3. The van der Waals surface area contributed by atoms with Crippen molar-refractivity contribution in [3.63, 3.8) is 0 Å². The van der Waals surface area contributed by atoms with Gasteiger partial charge >= 0.3 is 5.97 Å². The Balaban J connectivity index is 3.75. The minimum atomic E-state index is -0.451. The highest BCUT2D eigenvalue weighted by molar-refractivity contribution is 6.36. The zero-order valence-corrected chi connectivity index (χ0v) is 7.08. The first kappa shape index (κ1) is 9.79. The third-order valence-electron chi connectivity index (χ3n) is 0.689. The molecule has 10 heavy (non-hydrogen) atoms. The second-order valence-electron chi connectivity index (χ2n) is 1.48. The maximum atomic E-state index is 10.6. The number of halogens is 2. The number of esters is 1. The molecule has 0 saturated carbocycles. The molecule has 58 valence electrons. The van der Waals surface area contributed by atoms with Gasteiger partial charge in [0.1, 0.15) is 0 Å². The molecule has 0 fully saturated rings. The molecule has 0 saturated heterocycles. The van der Waals surface area contributed by atoms with E-state index < -0.39 is 5.97 Å². The summed E-state index contributed by atoms with van der Waals surface area (Å²) in [5.74, 6) is -0.312. The zero-order chi connectivity index (χ0) is 7.98. The van der Waals surface area contributed by atoms with Gasteiger partial charge in [0.15, 0.2) is 0 Å². The van der Waals surface area contributed by atoms with Gasteiger partial charge in [-0.1, -0.05) is 11.6 Å². The van der Waals surface area contributed by atoms with Crippen LogP contribution in [0.5, 0.6) is 0 Å². The first-order valence-electron chi connectivity index (χ1n) is 2.79. The normalized spacial score (nSPS) is 11.3. The monoisotopic (exact) mass is 182 g/mol. The number of carbonyl (C=O) groups excluding carboxylic acids is 1. The highest BCUT2D eigenvalue weighted by Gasteiger charge is 1.96. The van der Waals surface area contributed by atoms with Crippen molar-refractivity contribution >= 4 is 29.2 Å². The summed E-state index contributed by atoms with van der Waals surface area (Å²) in [4.78, 5) is 10.6. The molecule has 0 aromatic carbocycles. The van der Waals surface area contributed by atoms with Gasteiger partial charge in [0.2, 0.25) is 0 Å². The molecule has 0 aliphatic heterocycles. The molecule has 0 aromatic heterocycles. The molecule has 0 aliphatic rings. The Kier molecular flexibility index (Phi) is 5.45. The van der Waals surface area contributed by atoms with Gasteiger partial charge in [-0.25, -0.2) is 4.79 Å². The van der Waals surface area contributed by atoms with Crippen LogP contribution in [0.3, 0.4) is 0 Å². The van der Waals surface area contributed by atoms with Gasteiger partial charge in [0.25, 0.3) is 0 Å². The predicted octanol–water partition coefficient (Wildman–Crippen LogP) is 1.91. The van der Waals surface area contributed by atoms with Crippen LogP contribution in [-0.2, 0) is 9.53 Å². The summed E-state index contributed by atoms with van der Waals surface area (Å²) < 4.78 is 4.56. The lowest BCUT2D eigenvalue weighted by atomic mass is 10.5. The summed E-state index contributed by atoms with van der Waals surface area (Å²) in [6.45, 7) is 2.07. The Bertz CT molecular complexity index is 143. The van der Waals surface area contributed by atoms with Gasteiger partial charge in [-0.3, -0.25) is 0 Å². The van der Waals surface area contributed by atoms with E-state index in [9.17, 15) is 4.79 Å². The van der Waals surface area contributed by atoms with Crippen LogP contribution in [0.15, 0.2) is 11.1 Å². The third-order valence-corrected chi connectivity index (χ3v) is 1.36. The van der Waals surface area contributed by atoms with Gasteiger partial charge in [-0.15, -0.1) is 11.6 Å². The van der Waals surface area contributed by atoms with Crippen LogP contribution in [0.1, 0.15) is 6.92 Å². The molecular formula is C6H8Cl2O2. The maximum Gasteiger partial charge on any atom is 0.331 e. The second-order valence-corrected chi connectivity index (χ2v) is 2.23. The van der Waals surface area contributed by atoms with Crippen molar-refractivity contribution in [2.45, 2.75) is 6.92 Å². The van der Waals surface area contributed by atoms with E-state index in [0.717, 1.165) is 6.08 Å². The standard InChI is InChI=1S/C6H8Cl2O2/c1-2-10-6(9)3-5(8)4-7/h3H,2,4H2,1H3. The fourth-order valence-corrected chi connectivity index (χ4v) is 0.517. The molecule has 2 nitrogen and oxygen atoms in total. The van der Waals surface area contributed by atoms with E-state index in [1.54, 1.807) is 6.92 Å². The van der Waals surface area contributed by atoms with E-state index in [1.807, 2.05) is 0 Å². The molecule has 0 heterocycles. The molecule has 0 spiro atoms. The SMILES string of the molecule is CCOC(=O)C=C(Cl)CCl. The molecule has 4 heteroatoms. The van der Waals surface area contributed by atoms with Gasteiger partial charge in [0.05, 0.1) is 12.5 Å². The number of carbonyl (C=O) groups is 1. The number of hydrogen-bond acceptors (Lipinski definition) is 2. The minimum absolute atomic E-state index is 0.139. The Morgan fingerprint density at radius 2 is 2.30 bits per heavy atom. The molecule has 0 aromatic rings. The molecule has 0 rings (SSSR count). The Morgan fingerprint density at radius 3 is 2.70 bits per heavy atom. The molecule has 0 aliphatic carbocycles. The van der Waals surface area contributed by atoms with E-state index in [-0.39, 0.29) is 5.88 Å². The maximum absolute atomic E-state index is 10.6. The van der Waals surface area contributed by atoms with Crippen LogP contribution in [0, 0.1) is 0 Å². The van der Waals surface area contributed by atoms with Crippen molar-refractivity contribution in [2.75, 3.05) is 12.5 Å². The lowest BCUT2D eigenvalue weighted by Gasteiger charge is -1.94. The van der Waals surface area contributed by atoms with Crippen LogP contribution in [0.25, 0.3) is 0 Å². The van der Waals surface area contributed by atoms with E-state index in [2.05, 4.69) is 4.74 Å². The smallest absolute Gasteiger partial charge is 0.331 e. The molecule has 0 bridgehead atoms. The molecule has 0 unspecified atom stereocenters. The van der Waals surface area contributed by atoms with E-state index >= 15 is 0 Å². The summed E-state index contributed by atoms with van der Waals surface area (Å²) in [5.41, 5.74) is 0. The topological polar surface area (TPSA) is 26.3 Å². The Morgan fingerprint density at radius 1 is 1.70 bits per heavy atom. The van der Waals surface area contributed by atoms with Crippen molar-refractivity contribution in [1.82, 2.24) is 0 Å². The van der Waals surface area contributed by atoms with Gasteiger partial charge in [-0.05, 0) is 6.92 Å². The lowest BCUT2D eigenvalue weighted by molar-refractivity contribution is -0.137. The van der Waals surface area contributed by atoms with E-state index in [0.29, 0.717) is 11.6 Å². The largest absolute Gasteiger partial charge is 0.463 e. The lowest BCUT2D eigenvalue weighted by Crippen LogP contribution is -1.99. The van der Waals surface area contributed by atoms with Crippen molar-refractivity contribution in [2.24, 2.45) is 0 Å². The van der Waals surface area contributed by atoms with Gasteiger partial charge in [0, 0.05) is 11.1 Å². The number of alkyl halides is 1. The van der Waals surface area contributed by atoms with Crippen molar-refractivity contribution < 1.29 is 9.53 Å². The summed E-state index contributed by atoms with van der Waals surface area (Å²) in [6.07, 6.45) is 1.16. The number of allylic oxidation sites excluding steroid dienone is 1. The first-order valence-corrected chi connectivity index (χ1v) is 3.70. The number of ether oxygens (including phenoxy) is 1. The third kappa shape index (κ3) is 4.65. The highest BCUT2D eigenvalue weighted by Crippen LogP contribution is 2.02. The van der Waals surface area contributed by atoms with Gasteiger partial charge in [-0.2, -0.15) is 0 Å². The van der Waals surface area contributed by atoms with E-state index in [1.165, 1.54) is 0 Å². The van der Waals surface area contributed by atoms with Crippen molar-refractivity contribution in [1.29, 1.82) is 0 Å². The summed E-state index contributed by atoms with van der Waals surface area (Å²) in [5, 5.41) is 0.292. The quantitative estimate of drug-likeness (QED) is 0.379. The number of hydrogen-bond donors (Lipinski definition) is 0. The van der Waals surface area contributed by atoms with Crippen LogP contribution >= 0.6 is 23.2 Å². The Hall–Kier alpha value is -0.210. The molecule has 0 radical (unpaired) electrons. The first-order chi connectivity index (χ1) is 4.70. The zero-order valence-electron chi connectivity index (χ0n) is 5.56. The predicted molar refractivity (Wildman–Crippen MR) is 41.3 cm³/mol. The van der Waals surface area contributed by atoms with Crippen molar-refractivity contribution in [3.8, 4) is 0 Å². The van der Waals surface area contributed by atoms with Crippen molar-refractivity contribution in [3.05, 3.63) is 11.1 Å². The van der Waals surface area contributed by atoms with Gasteiger partial charge < -0.3 is 4.74 Å². The Labute approximate surface area is 69.8 Å². The van der Waals surface area contributed by atoms with Crippen LogP contribution in [0.2, 0.25) is 0 Å². The average molecular weight is 183 g/mol. The second kappa shape index (κ2) is 5.57. The average Bonchev–Trinajstić information content (AvgIpc) is 1.88. The van der Waals surface area contributed by atoms with E-state index in [4.69, 9.17) is 23.2 Å². The summed E-state index contributed by atoms with van der Waals surface area (Å²) >= 11 is 10.7. The van der Waals surface area contributed by atoms with Crippen LogP contribution in [-0.4, -0.2) is 18.5 Å². The molecule has 0 N–H and O–H groups in total. The fraction of sp³-hybridized carbons (Fsp3) is 0.500. The molecule has 0 amide bonds. The highest BCUT2D eigenvalue weighted by atomic mass is 35.5. The van der Waals surface area contributed by atoms with Crippen LogP contribution in [0.4, 0.5) is 0 Å². The fourth-order valence-electron chi connectivity index (χ4n) is 0.350. The van der Waals surface area contributed by atoms with Crippen LogP contribution < -0.4 is 0 Å².